The predicted molar refractivity (Wildman–Crippen MR) is 75.6 cm³/mol. The van der Waals surface area contributed by atoms with Crippen LogP contribution in [0.25, 0.3) is 0 Å². The maximum Gasteiger partial charge on any atom is 0.355 e. The van der Waals surface area contributed by atoms with Crippen LogP contribution in [0.3, 0.4) is 0 Å². The average Bonchev–Trinajstić information content (AvgIpc) is 2.98. The third-order valence-electron chi connectivity index (χ3n) is 4.01. The molecule has 4 N–H and O–H groups in total. The van der Waals surface area contributed by atoms with E-state index in [9.17, 15) is 9.59 Å². The van der Waals surface area contributed by atoms with Gasteiger partial charge in [-0.25, -0.2) is 9.78 Å². The lowest BCUT2D eigenvalue weighted by atomic mass is 9.84. The summed E-state index contributed by atoms with van der Waals surface area (Å²) in [6.07, 6.45) is 2.60. The highest BCUT2D eigenvalue weighted by molar-refractivity contribution is 7.09. The molecule has 1 amide bonds. The molecular formula is C13H19N3O3S. The second kappa shape index (κ2) is 5.49. The molecule has 20 heavy (non-hydrogen) atoms. The molecule has 7 heteroatoms. The first-order valence-corrected chi connectivity index (χ1v) is 7.48. The fourth-order valence-electron chi connectivity index (χ4n) is 2.48. The van der Waals surface area contributed by atoms with Gasteiger partial charge in [-0.3, -0.25) is 4.79 Å². The van der Waals surface area contributed by atoms with Crippen molar-refractivity contribution in [1.82, 2.24) is 10.3 Å². The van der Waals surface area contributed by atoms with Gasteiger partial charge >= 0.3 is 5.97 Å². The summed E-state index contributed by atoms with van der Waals surface area (Å²) >= 11 is 1.23. The zero-order valence-corrected chi connectivity index (χ0v) is 12.4. The van der Waals surface area contributed by atoms with E-state index < -0.39 is 11.4 Å². The summed E-state index contributed by atoms with van der Waals surface area (Å²) in [6.45, 7) is 3.68. The Morgan fingerprint density at radius 3 is 2.85 bits per heavy atom. The van der Waals surface area contributed by atoms with Gasteiger partial charge in [0.05, 0.1) is 11.5 Å². The van der Waals surface area contributed by atoms with Crippen molar-refractivity contribution < 1.29 is 14.7 Å². The molecule has 1 aliphatic carbocycles. The number of nitrogens with two attached hydrogens (primary N) is 1. The molecule has 0 bridgehead atoms. The monoisotopic (exact) mass is 297 g/mol. The van der Waals surface area contributed by atoms with Crippen LogP contribution in [-0.4, -0.2) is 28.0 Å². The first-order valence-electron chi connectivity index (χ1n) is 6.60. The fourth-order valence-corrected chi connectivity index (χ4v) is 3.28. The standard InChI is InChI=1S/C13H19N3O3S/c1-7(10-16-8(6-20-10)11(17)18)15-12(19)13(2)5-3-4-9(13)14/h6-7,9H,3-5,14H2,1-2H3,(H,15,19)(H,17,18). The number of nitrogens with one attached hydrogen (secondary N) is 1. The van der Waals surface area contributed by atoms with Crippen molar-refractivity contribution in [2.24, 2.45) is 11.1 Å². The zero-order chi connectivity index (χ0) is 14.9. The number of thiazole rings is 1. The van der Waals surface area contributed by atoms with Crippen molar-refractivity contribution >= 4 is 23.2 Å². The maximum atomic E-state index is 12.4. The minimum absolute atomic E-state index is 0.00915. The van der Waals surface area contributed by atoms with Crippen LogP contribution in [0.4, 0.5) is 0 Å². The van der Waals surface area contributed by atoms with Gasteiger partial charge in [-0.15, -0.1) is 11.3 Å². The smallest absolute Gasteiger partial charge is 0.355 e. The summed E-state index contributed by atoms with van der Waals surface area (Å²) in [7, 11) is 0. The lowest BCUT2D eigenvalue weighted by Crippen LogP contribution is -2.47. The van der Waals surface area contributed by atoms with Crippen LogP contribution in [-0.2, 0) is 4.79 Å². The molecule has 1 heterocycles. The molecule has 110 valence electrons. The molecule has 0 aromatic carbocycles. The molecule has 0 saturated heterocycles. The van der Waals surface area contributed by atoms with Crippen molar-refractivity contribution in [2.45, 2.75) is 45.2 Å². The minimum atomic E-state index is -1.06. The Labute approximate surface area is 121 Å². The van der Waals surface area contributed by atoms with Crippen LogP contribution in [0.2, 0.25) is 0 Å². The van der Waals surface area contributed by atoms with Crippen LogP contribution >= 0.6 is 11.3 Å². The van der Waals surface area contributed by atoms with Crippen molar-refractivity contribution in [3.8, 4) is 0 Å². The largest absolute Gasteiger partial charge is 0.476 e. The first-order chi connectivity index (χ1) is 9.34. The molecule has 1 aromatic rings. The van der Waals surface area contributed by atoms with Crippen LogP contribution in [0.1, 0.15) is 54.6 Å². The summed E-state index contributed by atoms with van der Waals surface area (Å²) < 4.78 is 0. The van der Waals surface area contributed by atoms with Crippen LogP contribution in [0.5, 0.6) is 0 Å². The van der Waals surface area contributed by atoms with Crippen molar-refractivity contribution in [1.29, 1.82) is 0 Å². The van der Waals surface area contributed by atoms with E-state index in [-0.39, 0.29) is 23.7 Å². The molecule has 0 spiro atoms. The quantitative estimate of drug-likeness (QED) is 0.781. The van der Waals surface area contributed by atoms with Crippen molar-refractivity contribution in [3.63, 3.8) is 0 Å². The van der Waals surface area contributed by atoms with Gasteiger partial charge in [0.25, 0.3) is 0 Å². The average molecular weight is 297 g/mol. The Bertz CT molecular complexity index is 531. The summed E-state index contributed by atoms with van der Waals surface area (Å²) in [6, 6.07) is -0.439. The van der Waals surface area contributed by atoms with E-state index in [1.165, 1.54) is 16.7 Å². The van der Waals surface area contributed by atoms with Gasteiger partial charge in [0.2, 0.25) is 5.91 Å². The van der Waals surface area contributed by atoms with E-state index in [2.05, 4.69) is 10.3 Å². The second-order valence-corrected chi connectivity index (χ2v) is 6.38. The molecule has 6 nitrogen and oxygen atoms in total. The molecule has 1 aromatic heterocycles. The maximum absolute atomic E-state index is 12.4. The number of aromatic nitrogens is 1. The number of hydrogen-bond acceptors (Lipinski definition) is 5. The van der Waals surface area contributed by atoms with E-state index in [0.717, 1.165) is 19.3 Å². The Hall–Kier alpha value is -1.47. The van der Waals surface area contributed by atoms with Crippen LogP contribution < -0.4 is 11.1 Å². The van der Waals surface area contributed by atoms with E-state index in [1.807, 2.05) is 6.92 Å². The van der Waals surface area contributed by atoms with E-state index in [4.69, 9.17) is 10.8 Å². The van der Waals surface area contributed by atoms with E-state index in [1.54, 1.807) is 6.92 Å². The Morgan fingerprint density at radius 1 is 1.65 bits per heavy atom. The van der Waals surface area contributed by atoms with Crippen LogP contribution in [0, 0.1) is 5.41 Å². The van der Waals surface area contributed by atoms with Gasteiger partial charge in [0.1, 0.15) is 5.01 Å². The van der Waals surface area contributed by atoms with Gasteiger partial charge in [0, 0.05) is 11.4 Å². The van der Waals surface area contributed by atoms with Gasteiger partial charge in [-0.2, -0.15) is 0 Å². The van der Waals surface area contributed by atoms with Gasteiger partial charge in [0.15, 0.2) is 5.69 Å². The van der Waals surface area contributed by atoms with Crippen LogP contribution in [0.15, 0.2) is 5.38 Å². The molecule has 1 fully saturated rings. The highest BCUT2D eigenvalue weighted by atomic mass is 32.1. The number of hydrogen-bond donors (Lipinski definition) is 3. The van der Waals surface area contributed by atoms with Crippen molar-refractivity contribution in [3.05, 3.63) is 16.1 Å². The molecule has 0 aliphatic heterocycles. The van der Waals surface area contributed by atoms with Gasteiger partial charge in [-0.1, -0.05) is 6.42 Å². The normalized spacial score (nSPS) is 27.2. The SMILES string of the molecule is CC(NC(=O)C1(C)CCCC1N)c1nc(C(=O)O)cs1. The number of amides is 1. The molecule has 3 unspecified atom stereocenters. The number of aromatic carboxylic acids is 1. The summed E-state index contributed by atoms with van der Waals surface area (Å²) in [5.41, 5.74) is 5.49. The van der Waals surface area contributed by atoms with Gasteiger partial charge in [-0.05, 0) is 26.7 Å². The predicted octanol–water partition coefficient (Wildman–Crippen LogP) is 1.54. The lowest BCUT2D eigenvalue weighted by Gasteiger charge is -2.28. The van der Waals surface area contributed by atoms with Gasteiger partial charge < -0.3 is 16.2 Å². The molecule has 1 aliphatic rings. The Balaban J connectivity index is 2.05. The highest BCUT2D eigenvalue weighted by Crippen LogP contribution is 2.37. The zero-order valence-electron chi connectivity index (χ0n) is 11.5. The van der Waals surface area contributed by atoms with E-state index in [0.29, 0.717) is 5.01 Å². The summed E-state index contributed by atoms with van der Waals surface area (Å²) in [4.78, 5) is 27.2. The summed E-state index contributed by atoms with van der Waals surface area (Å²) in [5.74, 6) is -1.14. The molecule has 3 atom stereocenters. The molecular weight excluding hydrogens is 278 g/mol. The first kappa shape index (κ1) is 14.9. The van der Waals surface area contributed by atoms with E-state index >= 15 is 0 Å². The number of rotatable bonds is 4. The third-order valence-corrected chi connectivity index (χ3v) is 5.03. The number of carbonyl (C=O) groups is 2. The number of carbonyl (C=O) groups excluding carboxylic acids is 1. The van der Waals surface area contributed by atoms with Crippen molar-refractivity contribution in [2.75, 3.05) is 0 Å². The number of carboxylic acids is 1. The number of nitrogens with zero attached hydrogens (tertiary/aromatic N) is 1. The highest BCUT2D eigenvalue weighted by Gasteiger charge is 2.43. The Morgan fingerprint density at radius 2 is 2.35 bits per heavy atom. The lowest BCUT2D eigenvalue weighted by molar-refractivity contribution is -0.131. The second-order valence-electron chi connectivity index (χ2n) is 5.49. The number of carboxylic acid groups (broad SMARTS) is 1. The molecule has 2 rings (SSSR count). The molecule has 1 saturated carbocycles. The Kier molecular flexibility index (Phi) is 4.10. The minimum Gasteiger partial charge on any atom is -0.476 e. The molecule has 0 radical (unpaired) electrons. The summed E-state index contributed by atoms with van der Waals surface area (Å²) in [5, 5.41) is 13.8. The topological polar surface area (TPSA) is 105 Å². The fraction of sp³-hybridized carbons (Fsp3) is 0.615. The third kappa shape index (κ3) is 2.69.